The van der Waals surface area contributed by atoms with E-state index in [2.05, 4.69) is 35.2 Å². The second kappa shape index (κ2) is 4.77. The third-order valence-electron chi connectivity index (χ3n) is 3.59. The first-order chi connectivity index (χ1) is 8.31. The zero-order chi connectivity index (χ0) is 11.7. The first-order valence-corrected chi connectivity index (χ1v) is 6.38. The summed E-state index contributed by atoms with van der Waals surface area (Å²) in [5.41, 5.74) is 1.39. The van der Waals surface area contributed by atoms with Gasteiger partial charge >= 0.3 is 0 Å². The average molecular weight is 233 g/mol. The fourth-order valence-electron chi connectivity index (χ4n) is 2.68. The Morgan fingerprint density at radius 3 is 2.71 bits per heavy atom. The van der Waals surface area contributed by atoms with E-state index < -0.39 is 0 Å². The molecule has 0 bridgehead atoms. The Labute approximate surface area is 102 Å². The fraction of sp³-hybridized carbons (Fsp3) is 0.571. The molecule has 2 aliphatic rings. The highest BCUT2D eigenvalue weighted by Gasteiger charge is 2.38. The predicted molar refractivity (Wildman–Crippen MR) is 65.2 cm³/mol. The fourth-order valence-corrected chi connectivity index (χ4v) is 2.68. The minimum absolute atomic E-state index is 0.00294. The molecule has 0 spiro atoms. The van der Waals surface area contributed by atoms with E-state index >= 15 is 0 Å². The van der Waals surface area contributed by atoms with Gasteiger partial charge < -0.3 is 9.47 Å². The zero-order valence-corrected chi connectivity index (χ0v) is 10.2. The molecule has 3 nitrogen and oxygen atoms in total. The molecule has 1 unspecified atom stereocenters. The van der Waals surface area contributed by atoms with Crippen LogP contribution in [-0.4, -0.2) is 30.6 Å². The van der Waals surface area contributed by atoms with Gasteiger partial charge in [0.05, 0.1) is 0 Å². The van der Waals surface area contributed by atoms with Crippen molar-refractivity contribution in [1.29, 1.82) is 0 Å². The Balaban J connectivity index is 1.51. The van der Waals surface area contributed by atoms with Gasteiger partial charge in [-0.25, -0.2) is 0 Å². The second-order valence-electron chi connectivity index (χ2n) is 4.98. The van der Waals surface area contributed by atoms with E-state index in [1.54, 1.807) is 0 Å². The highest BCUT2D eigenvalue weighted by atomic mass is 16.9. The Morgan fingerprint density at radius 2 is 2.00 bits per heavy atom. The molecular formula is C14H19NO2. The smallest absolute Gasteiger partial charge is 0.167 e. The zero-order valence-electron chi connectivity index (χ0n) is 10.2. The topological polar surface area (TPSA) is 21.7 Å². The van der Waals surface area contributed by atoms with Gasteiger partial charge in [0.25, 0.3) is 0 Å². The maximum absolute atomic E-state index is 5.57. The highest BCUT2D eigenvalue weighted by Crippen LogP contribution is 2.30. The summed E-state index contributed by atoms with van der Waals surface area (Å²) in [6, 6.07) is 10.6. The summed E-state index contributed by atoms with van der Waals surface area (Å²) in [4.78, 5) is 2.48. The lowest BCUT2D eigenvalue weighted by atomic mass is 10.1. The standard InChI is InChI=1S/C14H19NO2/c1-11-16-14(17-11)13-7-8-15(10-13)9-12-5-3-2-4-6-12/h2-6,11,13-14H,7-10H2,1H3. The van der Waals surface area contributed by atoms with Crippen molar-refractivity contribution >= 4 is 0 Å². The SMILES string of the molecule is CC1OC(C2CCN(Cc3ccccc3)C2)O1. The maximum atomic E-state index is 5.57. The van der Waals surface area contributed by atoms with Crippen LogP contribution >= 0.6 is 0 Å². The largest absolute Gasteiger partial charge is 0.324 e. The van der Waals surface area contributed by atoms with E-state index in [9.17, 15) is 0 Å². The minimum Gasteiger partial charge on any atom is -0.324 e. The van der Waals surface area contributed by atoms with Gasteiger partial charge in [-0.3, -0.25) is 4.90 Å². The molecule has 0 saturated carbocycles. The monoisotopic (exact) mass is 233 g/mol. The van der Waals surface area contributed by atoms with Gasteiger partial charge in [0, 0.05) is 19.0 Å². The third kappa shape index (κ3) is 2.51. The molecule has 92 valence electrons. The van der Waals surface area contributed by atoms with Crippen LogP contribution in [0.15, 0.2) is 30.3 Å². The Bertz CT molecular complexity index is 362. The molecule has 1 aromatic carbocycles. The average Bonchev–Trinajstić information content (AvgIpc) is 2.74. The van der Waals surface area contributed by atoms with Gasteiger partial charge in [0.1, 0.15) is 0 Å². The van der Waals surface area contributed by atoms with E-state index in [1.165, 1.54) is 12.0 Å². The number of hydrogen-bond donors (Lipinski definition) is 0. The van der Waals surface area contributed by atoms with Crippen LogP contribution in [0.2, 0.25) is 0 Å². The molecule has 2 heterocycles. The molecule has 0 radical (unpaired) electrons. The normalized spacial score (nSPS) is 33.6. The third-order valence-corrected chi connectivity index (χ3v) is 3.59. The number of hydrogen-bond acceptors (Lipinski definition) is 3. The lowest BCUT2D eigenvalue weighted by Gasteiger charge is -2.37. The van der Waals surface area contributed by atoms with E-state index in [1.807, 2.05) is 6.92 Å². The van der Waals surface area contributed by atoms with Gasteiger partial charge in [0.15, 0.2) is 12.6 Å². The summed E-state index contributed by atoms with van der Waals surface area (Å²) in [5, 5.41) is 0. The number of likely N-dealkylation sites (tertiary alicyclic amines) is 1. The van der Waals surface area contributed by atoms with E-state index in [4.69, 9.17) is 9.47 Å². The molecule has 0 N–H and O–H groups in total. The van der Waals surface area contributed by atoms with Gasteiger partial charge in [-0.05, 0) is 25.5 Å². The van der Waals surface area contributed by atoms with Crippen molar-refractivity contribution in [1.82, 2.24) is 4.90 Å². The minimum atomic E-state index is 0.00294. The van der Waals surface area contributed by atoms with Crippen LogP contribution in [-0.2, 0) is 16.0 Å². The number of benzene rings is 1. The molecule has 3 heteroatoms. The molecule has 0 aromatic heterocycles. The van der Waals surface area contributed by atoms with Crippen molar-refractivity contribution in [3.8, 4) is 0 Å². The number of ether oxygens (including phenoxy) is 2. The van der Waals surface area contributed by atoms with Gasteiger partial charge in [-0.1, -0.05) is 30.3 Å². The summed E-state index contributed by atoms with van der Waals surface area (Å²) in [7, 11) is 0. The summed E-state index contributed by atoms with van der Waals surface area (Å²) in [6.45, 7) is 5.23. The molecule has 2 saturated heterocycles. The van der Waals surface area contributed by atoms with Crippen LogP contribution in [0.3, 0.4) is 0 Å². The van der Waals surface area contributed by atoms with Crippen molar-refractivity contribution in [3.05, 3.63) is 35.9 Å². The van der Waals surface area contributed by atoms with Crippen molar-refractivity contribution in [2.24, 2.45) is 5.92 Å². The Morgan fingerprint density at radius 1 is 1.24 bits per heavy atom. The summed E-state index contributed by atoms with van der Waals surface area (Å²) < 4.78 is 11.1. The Kier molecular flexibility index (Phi) is 3.14. The van der Waals surface area contributed by atoms with Gasteiger partial charge in [0.2, 0.25) is 0 Å². The summed E-state index contributed by atoms with van der Waals surface area (Å²) >= 11 is 0. The first-order valence-electron chi connectivity index (χ1n) is 6.38. The molecule has 2 fully saturated rings. The van der Waals surface area contributed by atoms with Crippen LogP contribution in [0.5, 0.6) is 0 Å². The summed E-state index contributed by atoms with van der Waals surface area (Å²) in [6.07, 6.45) is 1.23. The van der Waals surface area contributed by atoms with Crippen LogP contribution in [0.4, 0.5) is 0 Å². The van der Waals surface area contributed by atoms with Gasteiger partial charge in [-0.2, -0.15) is 0 Å². The van der Waals surface area contributed by atoms with E-state index in [0.29, 0.717) is 5.92 Å². The van der Waals surface area contributed by atoms with Gasteiger partial charge in [-0.15, -0.1) is 0 Å². The van der Waals surface area contributed by atoms with Crippen LogP contribution < -0.4 is 0 Å². The van der Waals surface area contributed by atoms with E-state index in [-0.39, 0.29) is 12.6 Å². The molecule has 2 aliphatic heterocycles. The van der Waals surface area contributed by atoms with Crippen molar-refractivity contribution in [2.75, 3.05) is 13.1 Å². The molecule has 0 amide bonds. The molecule has 3 rings (SSSR count). The van der Waals surface area contributed by atoms with Crippen molar-refractivity contribution in [2.45, 2.75) is 32.5 Å². The van der Waals surface area contributed by atoms with E-state index in [0.717, 1.165) is 19.6 Å². The van der Waals surface area contributed by atoms with Crippen molar-refractivity contribution < 1.29 is 9.47 Å². The number of rotatable bonds is 3. The molecule has 1 aromatic rings. The predicted octanol–water partition coefficient (Wildman–Crippen LogP) is 2.23. The highest BCUT2D eigenvalue weighted by molar-refractivity contribution is 5.14. The summed E-state index contributed by atoms with van der Waals surface area (Å²) in [5.74, 6) is 0.551. The lowest BCUT2D eigenvalue weighted by Crippen LogP contribution is -2.44. The lowest BCUT2D eigenvalue weighted by molar-refractivity contribution is -0.390. The Hall–Kier alpha value is -0.900. The van der Waals surface area contributed by atoms with Crippen LogP contribution in [0.25, 0.3) is 0 Å². The van der Waals surface area contributed by atoms with Crippen molar-refractivity contribution in [3.63, 3.8) is 0 Å². The van der Waals surface area contributed by atoms with Crippen LogP contribution in [0.1, 0.15) is 18.9 Å². The molecule has 0 aliphatic carbocycles. The first kappa shape index (κ1) is 11.2. The molecule has 17 heavy (non-hydrogen) atoms. The molecular weight excluding hydrogens is 214 g/mol. The maximum Gasteiger partial charge on any atom is 0.167 e. The molecule has 1 atom stereocenters. The number of nitrogens with zero attached hydrogens (tertiary/aromatic N) is 1. The second-order valence-corrected chi connectivity index (χ2v) is 4.98. The quantitative estimate of drug-likeness (QED) is 0.799. The van der Waals surface area contributed by atoms with Crippen LogP contribution in [0, 0.1) is 5.92 Å².